The number of hydrogen-bond acceptors (Lipinski definition) is 3. The van der Waals surface area contributed by atoms with Gasteiger partial charge in [-0.3, -0.25) is 9.98 Å². The monoisotopic (exact) mass is 191 g/mol. The first-order valence-corrected chi connectivity index (χ1v) is 4.83. The van der Waals surface area contributed by atoms with Crippen LogP contribution in [0.1, 0.15) is 20.8 Å². The van der Waals surface area contributed by atoms with Crippen molar-refractivity contribution in [3.05, 3.63) is 23.5 Å². The molecular weight excluding hydrogens is 174 g/mol. The Morgan fingerprint density at radius 3 is 3.00 bits per heavy atom. The lowest BCUT2D eigenvalue weighted by Crippen LogP contribution is -2.25. The Morgan fingerprint density at radius 1 is 1.64 bits per heavy atom. The van der Waals surface area contributed by atoms with Gasteiger partial charge in [-0.1, -0.05) is 19.1 Å². The summed E-state index contributed by atoms with van der Waals surface area (Å²) in [6.07, 6.45) is 5.88. The minimum Gasteiger partial charge on any atom is -0.396 e. The molecular formula is C11H17N3. The Morgan fingerprint density at radius 2 is 2.36 bits per heavy atom. The van der Waals surface area contributed by atoms with Crippen LogP contribution in [0.15, 0.2) is 33.5 Å². The van der Waals surface area contributed by atoms with Crippen LogP contribution in [0, 0.1) is 5.92 Å². The van der Waals surface area contributed by atoms with E-state index in [1.54, 1.807) is 0 Å². The summed E-state index contributed by atoms with van der Waals surface area (Å²) in [5, 5.41) is 0. The van der Waals surface area contributed by atoms with Gasteiger partial charge in [0.25, 0.3) is 0 Å². The van der Waals surface area contributed by atoms with Crippen molar-refractivity contribution < 1.29 is 0 Å². The maximum absolute atomic E-state index is 5.91. The molecule has 14 heavy (non-hydrogen) atoms. The van der Waals surface area contributed by atoms with Crippen LogP contribution in [-0.4, -0.2) is 18.5 Å². The van der Waals surface area contributed by atoms with E-state index in [4.69, 9.17) is 5.73 Å². The minimum absolute atomic E-state index is 0.226. The zero-order valence-electron chi connectivity index (χ0n) is 8.99. The third-order valence-electron chi connectivity index (χ3n) is 2.19. The molecule has 0 saturated carbocycles. The fourth-order valence-corrected chi connectivity index (χ4v) is 1.28. The topological polar surface area (TPSA) is 50.7 Å². The van der Waals surface area contributed by atoms with Crippen molar-refractivity contribution in [2.75, 3.05) is 6.54 Å². The average Bonchev–Trinajstić information content (AvgIpc) is 2.18. The van der Waals surface area contributed by atoms with E-state index in [1.807, 2.05) is 32.2 Å². The predicted molar refractivity (Wildman–Crippen MR) is 61.7 cm³/mol. The average molecular weight is 191 g/mol. The molecule has 1 heterocycles. The van der Waals surface area contributed by atoms with E-state index in [2.05, 4.69) is 16.9 Å². The van der Waals surface area contributed by atoms with Crippen LogP contribution in [0.3, 0.4) is 0 Å². The summed E-state index contributed by atoms with van der Waals surface area (Å²) < 4.78 is 0. The molecule has 0 aromatic carbocycles. The molecule has 1 unspecified atom stereocenters. The fourth-order valence-electron chi connectivity index (χ4n) is 1.28. The van der Waals surface area contributed by atoms with Gasteiger partial charge in [0.2, 0.25) is 0 Å². The summed E-state index contributed by atoms with van der Waals surface area (Å²) in [5.41, 5.74) is 8.45. The lowest BCUT2D eigenvalue weighted by Gasteiger charge is -2.16. The fraction of sp³-hybridized carbons (Fsp3) is 0.455. The lowest BCUT2D eigenvalue weighted by atomic mass is 10.0. The van der Waals surface area contributed by atoms with Crippen LogP contribution in [0.4, 0.5) is 0 Å². The molecule has 3 nitrogen and oxygen atoms in total. The molecule has 0 fully saturated rings. The van der Waals surface area contributed by atoms with Gasteiger partial charge in [-0.2, -0.15) is 0 Å². The Bertz CT molecular complexity index is 321. The van der Waals surface area contributed by atoms with Crippen molar-refractivity contribution in [2.45, 2.75) is 20.8 Å². The summed E-state index contributed by atoms with van der Waals surface area (Å²) in [6, 6.07) is 0. The third-order valence-corrected chi connectivity index (χ3v) is 2.19. The minimum atomic E-state index is 0.226. The van der Waals surface area contributed by atoms with Crippen LogP contribution in [0.2, 0.25) is 0 Å². The molecule has 1 rings (SSSR count). The Labute approximate surface area is 85.1 Å². The molecule has 0 radical (unpaired) electrons. The summed E-state index contributed by atoms with van der Waals surface area (Å²) in [7, 11) is 0. The molecule has 0 aromatic rings. The first kappa shape index (κ1) is 10.7. The normalized spacial score (nSPS) is 25.4. The zero-order chi connectivity index (χ0) is 10.6. The molecule has 0 aromatic heterocycles. The van der Waals surface area contributed by atoms with E-state index in [0.29, 0.717) is 6.54 Å². The van der Waals surface area contributed by atoms with Gasteiger partial charge in [0.15, 0.2) is 0 Å². The quantitative estimate of drug-likeness (QED) is 0.666. The SMILES string of the molecule is C/C=C\CN=C1C(N)=C(C)N=CC1C. The van der Waals surface area contributed by atoms with Gasteiger partial charge in [-0.15, -0.1) is 0 Å². The second kappa shape index (κ2) is 4.74. The third kappa shape index (κ3) is 2.31. The molecule has 0 aliphatic carbocycles. The number of hydrogen-bond donors (Lipinski definition) is 1. The number of nitrogens with zero attached hydrogens (tertiary/aromatic N) is 2. The second-order valence-electron chi connectivity index (χ2n) is 3.36. The van der Waals surface area contributed by atoms with E-state index >= 15 is 0 Å². The summed E-state index contributed by atoms with van der Waals surface area (Å²) >= 11 is 0. The maximum atomic E-state index is 5.91. The highest BCUT2D eigenvalue weighted by molar-refractivity contribution is 6.10. The highest BCUT2D eigenvalue weighted by Crippen LogP contribution is 2.14. The Hall–Kier alpha value is -1.38. The molecule has 1 aliphatic heterocycles. The van der Waals surface area contributed by atoms with Gasteiger partial charge in [-0.05, 0) is 13.8 Å². The van der Waals surface area contributed by atoms with Crippen molar-refractivity contribution in [1.82, 2.24) is 0 Å². The number of aliphatic imine (C=N–C) groups is 2. The first-order chi connectivity index (χ1) is 6.66. The standard InChI is InChI=1S/C11H17N3/c1-4-5-6-13-11-8(2)7-14-9(3)10(11)12/h4-5,7-8H,6,12H2,1-3H3/b5-4-,13-11?. The number of nitrogens with two attached hydrogens (primary N) is 1. The second-order valence-corrected chi connectivity index (χ2v) is 3.36. The van der Waals surface area contributed by atoms with Crippen molar-refractivity contribution >= 4 is 11.9 Å². The van der Waals surface area contributed by atoms with Gasteiger partial charge >= 0.3 is 0 Å². The van der Waals surface area contributed by atoms with E-state index < -0.39 is 0 Å². The summed E-state index contributed by atoms with van der Waals surface area (Å²) in [4.78, 5) is 8.64. The smallest absolute Gasteiger partial charge is 0.0750 e. The van der Waals surface area contributed by atoms with E-state index in [-0.39, 0.29) is 5.92 Å². The highest BCUT2D eigenvalue weighted by Gasteiger charge is 2.16. The van der Waals surface area contributed by atoms with Crippen molar-refractivity contribution in [2.24, 2.45) is 21.6 Å². The van der Waals surface area contributed by atoms with Crippen molar-refractivity contribution in [1.29, 1.82) is 0 Å². The van der Waals surface area contributed by atoms with Crippen LogP contribution in [-0.2, 0) is 0 Å². The zero-order valence-corrected chi connectivity index (χ0v) is 8.99. The molecule has 76 valence electrons. The van der Waals surface area contributed by atoms with E-state index in [1.165, 1.54) is 0 Å². The van der Waals surface area contributed by atoms with Gasteiger partial charge < -0.3 is 5.73 Å². The molecule has 0 bridgehead atoms. The maximum Gasteiger partial charge on any atom is 0.0750 e. The predicted octanol–water partition coefficient (Wildman–Crippen LogP) is 1.91. The summed E-state index contributed by atoms with van der Waals surface area (Å²) in [6.45, 7) is 6.63. The highest BCUT2D eigenvalue weighted by atomic mass is 14.9. The van der Waals surface area contributed by atoms with Crippen LogP contribution in [0.25, 0.3) is 0 Å². The molecule has 0 spiro atoms. The van der Waals surface area contributed by atoms with Crippen LogP contribution >= 0.6 is 0 Å². The van der Waals surface area contributed by atoms with E-state index in [0.717, 1.165) is 17.1 Å². The molecule has 0 amide bonds. The largest absolute Gasteiger partial charge is 0.396 e. The van der Waals surface area contributed by atoms with E-state index in [9.17, 15) is 0 Å². The molecule has 1 atom stereocenters. The van der Waals surface area contributed by atoms with Crippen molar-refractivity contribution in [3.8, 4) is 0 Å². The first-order valence-electron chi connectivity index (χ1n) is 4.83. The van der Waals surface area contributed by atoms with Crippen LogP contribution < -0.4 is 5.73 Å². The Balaban J connectivity index is 2.86. The lowest BCUT2D eigenvalue weighted by molar-refractivity contribution is 1.00. The molecule has 0 saturated heterocycles. The van der Waals surface area contributed by atoms with Crippen molar-refractivity contribution in [3.63, 3.8) is 0 Å². The van der Waals surface area contributed by atoms with Gasteiger partial charge in [0.1, 0.15) is 0 Å². The molecule has 2 N–H and O–H groups in total. The van der Waals surface area contributed by atoms with Gasteiger partial charge in [0.05, 0.1) is 23.7 Å². The van der Waals surface area contributed by atoms with Gasteiger partial charge in [0, 0.05) is 12.1 Å². The van der Waals surface area contributed by atoms with Gasteiger partial charge in [-0.25, -0.2) is 0 Å². The Kier molecular flexibility index (Phi) is 3.63. The molecule has 3 heteroatoms. The molecule has 1 aliphatic rings. The number of allylic oxidation sites excluding steroid dienone is 3. The number of rotatable bonds is 2. The van der Waals surface area contributed by atoms with Crippen LogP contribution in [0.5, 0.6) is 0 Å². The summed E-state index contributed by atoms with van der Waals surface area (Å²) in [5.74, 6) is 0.226.